The van der Waals surface area contributed by atoms with E-state index in [4.69, 9.17) is 5.11 Å². The Hall–Kier alpha value is -2.67. The van der Waals surface area contributed by atoms with E-state index in [1.54, 1.807) is 31.2 Å². The molecule has 0 atom stereocenters. The minimum absolute atomic E-state index is 0.00138. The highest BCUT2D eigenvalue weighted by atomic mass is 16.5. The monoisotopic (exact) mass is 304 g/mol. The lowest BCUT2D eigenvalue weighted by Gasteiger charge is -2.10. The van der Waals surface area contributed by atoms with Crippen LogP contribution in [0.25, 0.3) is 17.0 Å². The second kappa shape index (κ2) is 6.86. The van der Waals surface area contributed by atoms with Crippen molar-refractivity contribution in [2.24, 2.45) is 0 Å². The van der Waals surface area contributed by atoms with Crippen molar-refractivity contribution in [1.29, 1.82) is 0 Å². The maximum atomic E-state index is 12.4. The largest absolute Gasteiger partial charge is 0.502 e. The first-order chi connectivity index (χ1) is 10.6. The van der Waals surface area contributed by atoms with Gasteiger partial charge >= 0.3 is 5.97 Å². The van der Waals surface area contributed by atoms with Crippen LogP contribution in [-0.4, -0.2) is 38.9 Å². The molecule has 0 aliphatic rings. The Balaban J connectivity index is 2.61. The summed E-state index contributed by atoms with van der Waals surface area (Å²) in [5, 5.41) is 19.2. The summed E-state index contributed by atoms with van der Waals surface area (Å²) >= 11 is 0. The number of carbonyl (C=O) groups is 1. The molecule has 0 unspecified atom stereocenters. The number of aliphatic hydroxyl groups is 2. The molecule has 7 nitrogen and oxygen atoms in total. The molecule has 116 valence electrons. The normalized spacial score (nSPS) is 11.6. The summed E-state index contributed by atoms with van der Waals surface area (Å²) in [5.41, 5.74) is 0.0761. The van der Waals surface area contributed by atoms with E-state index >= 15 is 0 Å². The van der Waals surface area contributed by atoms with E-state index in [-0.39, 0.29) is 31.1 Å². The van der Waals surface area contributed by atoms with Gasteiger partial charge in [0, 0.05) is 6.08 Å². The van der Waals surface area contributed by atoms with Crippen molar-refractivity contribution in [3.63, 3.8) is 0 Å². The summed E-state index contributed by atoms with van der Waals surface area (Å²) in [6.45, 7) is 1.45. The third-order valence-electron chi connectivity index (χ3n) is 2.97. The second-order valence-corrected chi connectivity index (χ2v) is 4.42. The van der Waals surface area contributed by atoms with Gasteiger partial charge in [-0.25, -0.2) is 9.78 Å². The molecule has 0 spiro atoms. The number of para-hydroxylation sites is 1. The molecule has 2 rings (SSSR count). The number of nitrogens with zero attached hydrogens (tertiary/aromatic N) is 2. The second-order valence-electron chi connectivity index (χ2n) is 4.42. The first-order valence-electron chi connectivity index (χ1n) is 6.76. The van der Waals surface area contributed by atoms with Gasteiger partial charge in [0.2, 0.25) is 5.76 Å². The van der Waals surface area contributed by atoms with E-state index in [1.165, 1.54) is 4.57 Å². The van der Waals surface area contributed by atoms with Gasteiger partial charge in [-0.3, -0.25) is 9.36 Å². The van der Waals surface area contributed by atoms with E-state index in [1.807, 2.05) is 0 Å². The first-order valence-corrected chi connectivity index (χ1v) is 6.76. The third-order valence-corrected chi connectivity index (χ3v) is 2.97. The van der Waals surface area contributed by atoms with Gasteiger partial charge in [-0.15, -0.1) is 0 Å². The molecule has 0 bridgehead atoms. The maximum Gasteiger partial charge on any atom is 0.373 e. The molecular weight excluding hydrogens is 288 g/mol. The van der Waals surface area contributed by atoms with Gasteiger partial charge in [-0.1, -0.05) is 12.1 Å². The van der Waals surface area contributed by atoms with E-state index in [0.717, 1.165) is 6.08 Å². The molecule has 22 heavy (non-hydrogen) atoms. The number of esters is 1. The van der Waals surface area contributed by atoms with Crippen molar-refractivity contribution in [3.8, 4) is 0 Å². The fourth-order valence-corrected chi connectivity index (χ4v) is 2.00. The molecule has 1 aromatic heterocycles. The highest BCUT2D eigenvalue weighted by Crippen LogP contribution is 2.10. The summed E-state index contributed by atoms with van der Waals surface area (Å²) in [7, 11) is 0. The molecule has 0 saturated carbocycles. The van der Waals surface area contributed by atoms with Crippen LogP contribution in [0.1, 0.15) is 12.7 Å². The summed E-state index contributed by atoms with van der Waals surface area (Å²) in [6, 6.07) is 6.71. The minimum Gasteiger partial charge on any atom is -0.502 e. The Kier molecular flexibility index (Phi) is 4.90. The van der Waals surface area contributed by atoms with Crippen LogP contribution < -0.4 is 5.56 Å². The first kappa shape index (κ1) is 15.7. The Morgan fingerprint density at radius 2 is 2.14 bits per heavy atom. The zero-order chi connectivity index (χ0) is 16.1. The van der Waals surface area contributed by atoms with E-state index in [9.17, 15) is 14.7 Å². The van der Waals surface area contributed by atoms with Crippen LogP contribution in [-0.2, 0) is 16.1 Å². The Morgan fingerprint density at radius 3 is 2.82 bits per heavy atom. The van der Waals surface area contributed by atoms with Crippen LogP contribution in [0.5, 0.6) is 0 Å². The lowest BCUT2D eigenvalue weighted by atomic mass is 10.2. The molecule has 1 heterocycles. The summed E-state index contributed by atoms with van der Waals surface area (Å²) < 4.78 is 5.86. The van der Waals surface area contributed by atoms with E-state index in [2.05, 4.69) is 9.72 Å². The summed E-state index contributed by atoms with van der Waals surface area (Å²) in [5.74, 6) is -1.49. The number of carbonyl (C=O) groups excluding carboxylic acids is 1. The minimum atomic E-state index is -0.902. The predicted octanol–water partition coefficient (Wildman–Crippen LogP) is 0.851. The highest BCUT2D eigenvalue weighted by Gasteiger charge is 2.13. The number of hydrogen-bond donors (Lipinski definition) is 2. The number of fused-ring (bicyclic) bond motifs is 1. The van der Waals surface area contributed by atoms with Crippen LogP contribution in [0.15, 0.2) is 34.8 Å². The Morgan fingerprint density at radius 1 is 1.41 bits per heavy atom. The van der Waals surface area contributed by atoms with Crippen molar-refractivity contribution >= 4 is 22.9 Å². The summed E-state index contributed by atoms with van der Waals surface area (Å²) in [4.78, 5) is 28.1. The third kappa shape index (κ3) is 3.15. The number of ether oxygens (including phenoxy) is 1. The maximum absolute atomic E-state index is 12.4. The topological polar surface area (TPSA) is 102 Å². The van der Waals surface area contributed by atoms with Crippen LogP contribution in [0.4, 0.5) is 0 Å². The predicted molar refractivity (Wildman–Crippen MR) is 80.3 cm³/mol. The molecule has 1 aromatic carbocycles. The molecule has 2 N–H and O–H groups in total. The average Bonchev–Trinajstić information content (AvgIpc) is 2.51. The Labute approximate surface area is 126 Å². The van der Waals surface area contributed by atoms with Gasteiger partial charge < -0.3 is 14.9 Å². The van der Waals surface area contributed by atoms with Gasteiger partial charge in [0.25, 0.3) is 5.56 Å². The number of benzene rings is 1. The van der Waals surface area contributed by atoms with E-state index < -0.39 is 11.7 Å². The van der Waals surface area contributed by atoms with Crippen molar-refractivity contribution in [3.05, 3.63) is 46.2 Å². The SMILES string of the molecule is CCOC(=O)/C(O)=C/c1nc2ccccc2c(=O)n1CCO. The molecule has 0 amide bonds. The highest BCUT2D eigenvalue weighted by molar-refractivity contribution is 5.90. The van der Waals surface area contributed by atoms with Gasteiger partial charge in [0.1, 0.15) is 5.82 Å². The molecule has 2 aromatic rings. The number of rotatable bonds is 5. The molecule has 0 aliphatic carbocycles. The fourth-order valence-electron chi connectivity index (χ4n) is 2.00. The van der Waals surface area contributed by atoms with Gasteiger partial charge in [0.15, 0.2) is 0 Å². The molecule has 0 radical (unpaired) electrons. The number of aromatic nitrogens is 2. The smallest absolute Gasteiger partial charge is 0.373 e. The molecule has 0 fully saturated rings. The van der Waals surface area contributed by atoms with Crippen LogP contribution >= 0.6 is 0 Å². The van der Waals surface area contributed by atoms with Crippen molar-refractivity contribution in [2.45, 2.75) is 13.5 Å². The molecule has 7 heteroatoms. The van der Waals surface area contributed by atoms with Gasteiger partial charge in [-0.2, -0.15) is 0 Å². The average molecular weight is 304 g/mol. The zero-order valence-electron chi connectivity index (χ0n) is 12.0. The summed E-state index contributed by atoms with van der Waals surface area (Å²) in [6.07, 6.45) is 1.06. The van der Waals surface area contributed by atoms with Gasteiger partial charge in [0.05, 0.1) is 30.7 Å². The molecule has 0 saturated heterocycles. The van der Waals surface area contributed by atoms with Gasteiger partial charge in [-0.05, 0) is 19.1 Å². The van der Waals surface area contributed by atoms with Crippen molar-refractivity contribution in [1.82, 2.24) is 9.55 Å². The lowest BCUT2D eigenvalue weighted by Crippen LogP contribution is -2.25. The van der Waals surface area contributed by atoms with Crippen molar-refractivity contribution in [2.75, 3.05) is 13.2 Å². The van der Waals surface area contributed by atoms with Crippen LogP contribution in [0.3, 0.4) is 0 Å². The molecular formula is C15H16N2O5. The number of aliphatic hydroxyl groups excluding tert-OH is 2. The fraction of sp³-hybridized carbons (Fsp3) is 0.267. The van der Waals surface area contributed by atoms with Crippen LogP contribution in [0.2, 0.25) is 0 Å². The van der Waals surface area contributed by atoms with Crippen molar-refractivity contribution < 1.29 is 19.7 Å². The zero-order valence-corrected chi connectivity index (χ0v) is 12.0. The Bertz CT molecular complexity index is 779. The number of hydrogen-bond acceptors (Lipinski definition) is 6. The van der Waals surface area contributed by atoms with E-state index in [0.29, 0.717) is 10.9 Å². The quantitative estimate of drug-likeness (QED) is 0.482. The molecule has 0 aliphatic heterocycles. The standard InChI is InChI=1S/C15H16N2O5/c1-2-22-15(21)12(19)9-13-16-11-6-4-3-5-10(11)14(20)17(13)7-8-18/h3-6,9,18-19H,2,7-8H2,1H3/b12-9-. The van der Waals surface area contributed by atoms with Crippen LogP contribution in [0, 0.1) is 0 Å². The lowest BCUT2D eigenvalue weighted by molar-refractivity contribution is -0.141.